The van der Waals surface area contributed by atoms with E-state index in [9.17, 15) is 4.79 Å². The first-order valence-electron chi connectivity index (χ1n) is 6.67. The zero-order chi connectivity index (χ0) is 14.5. The van der Waals surface area contributed by atoms with E-state index in [0.29, 0.717) is 17.4 Å². The third-order valence-electron chi connectivity index (χ3n) is 3.17. The van der Waals surface area contributed by atoms with E-state index in [4.69, 9.17) is 11.6 Å². The number of carbonyl (C=O) groups excluding carboxylic acids is 1. The maximum Gasteiger partial charge on any atom is 0.255 e. The van der Waals surface area contributed by atoms with E-state index in [1.165, 1.54) is 0 Å². The van der Waals surface area contributed by atoms with E-state index in [0.717, 1.165) is 16.8 Å². The summed E-state index contributed by atoms with van der Waals surface area (Å²) >= 11 is 5.80. The Morgan fingerprint density at radius 1 is 1.15 bits per heavy atom. The lowest BCUT2D eigenvalue weighted by Gasteiger charge is -2.13. The van der Waals surface area contributed by atoms with Gasteiger partial charge in [-0.3, -0.25) is 4.79 Å². The summed E-state index contributed by atoms with van der Waals surface area (Å²) in [5, 5.41) is 2.98. The van der Waals surface area contributed by atoms with E-state index in [-0.39, 0.29) is 5.91 Å². The Kier molecular flexibility index (Phi) is 4.80. The van der Waals surface area contributed by atoms with Crippen molar-refractivity contribution in [3.8, 4) is 0 Å². The van der Waals surface area contributed by atoms with Crippen LogP contribution in [-0.4, -0.2) is 5.91 Å². The third-order valence-corrected chi connectivity index (χ3v) is 3.48. The van der Waals surface area contributed by atoms with Gasteiger partial charge in [0.1, 0.15) is 0 Å². The maximum absolute atomic E-state index is 12.3. The molecule has 0 atom stereocenters. The highest BCUT2D eigenvalue weighted by molar-refractivity contribution is 6.17. The van der Waals surface area contributed by atoms with E-state index < -0.39 is 0 Å². The van der Waals surface area contributed by atoms with Crippen molar-refractivity contribution in [1.82, 2.24) is 0 Å². The van der Waals surface area contributed by atoms with Crippen LogP contribution in [0.15, 0.2) is 48.5 Å². The SMILES string of the molecule is CC(C)c1ccccc1NC(=O)c1cccc(CCl)c1. The van der Waals surface area contributed by atoms with Crippen molar-refractivity contribution in [3.05, 3.63) is 65.2 Å². The van der Waals surface area contributed by atoms with Gasteiger partial charge in [0.05, 0.1) is 0 Å². The Labute approximate surface area is 124 Å². The molecule has 0 bridgehead atoms. The lowest BCUT2D eigenvalue weighted by Crippen LogP contribution is -2.13. The molecule has 0 heterocycles. The standard InChI is InChI=1S/C17H18ClNO/c1-12(2)15-8-3-4-9-16(15)19-17(20)14-7-5-6-13(10-14)11-18/h3-10,12H,11H2,1-2H3,(H,19,20). The molecule has 3 heteroatoms. The highest BCUT2D eigenvalue weighted by Crippen LogP contribution is 2.24. The molecular weight excluding hydrogens is 270 g/mol. The van der Waals surface area contributed by atoms with Gasteiger partial charge in [0.25, 0.3) is 5.91 Å². The van der Waals surface area contributed by atoms with Crippen LogP contribution in [-0.2, 0) is 5.88 Å². The highest BCUT2D eigenvalue weighted by Gasteiger charge is 2.11. The number of rotatable bonds is 4. The molecule has 1 N–H and O–H groups in total. The largest absolute Gasteiger partial charge is 0.322 e. The molecule has 0 unspecified atom stereocenters. The van der Waals surface area contributed by atoms with Gasteiger partial charge in [0, 0.05) is 17.1 Å². The fourth-order valence-electron chi connectivity index (χ4n) is 2.10. The summed E-state index contributed by atoms with van der Waals surface area (Å²) in [5.41, 5.74) is 3.57. The number of halogens is 1. The fourth-order valence-corrected chi connectivity index (χ4v) is 2.27. The minimum atomic E-state index is -0.106. The van der Waals surface area contributed by atoms with E-state index in [1.807, 2.05) is 42.5 Å². The lowest BCUT2D eigenvalue weighted by molar-refractivity contribution is 0.102. The molecule has 0 saturated heterocycles. The second kappa shape index (κ2) is 6.58. The second-order valence-electron chi connectivity index (χ2n) is 5.03. The second-order valence-corrected chi connectivity index (χ2v) is 5.30. The van der Waals surface area contributed by atoms with Gasteiger partial charge >= 0.3 is 0 Å². The van der Waals surface area contributed by atoms with Crippen LogP contribution in [0.1, 0.15) is 41.3 Å². The Morgan fingerprint density at radius 3 is 2.60 bits per heavy atom. The van der Waals surface area contributed by atoms with Crippen molar-refractivity contribution in [1.29, 1.82) is 0 Å². The van der Waals surface area contributed by atoms with Gasteiger partial charge in [0.2, 0.25) is 0 Å². The number of alkyl halides is 1. The summed E-state index contributed by atoms with van der Waals surface area (Å²) in [6.45, 7) is 4.22. The quantitative estimate of drug-likeness (QED) is 0.804. The molecular formula is C17H18ClNO. The van der Waals surface area contributed by atoms with Gasteiger partial charge < -0.3 is 5.32 Å². The summed E-state index contributed by atoms with van der Waals surface area (Å²) < 4.78 is 0. The Bertz CT molecular complexity index is 607. The van der Waals surface area contributed by atoms with E-state index in [1.54, 1.807) is 6.07 Å². The zero-order valence-corrected chi connectivity index (χ0v) is 12.4. The number of nitrogens with one attached hydrogen (secondary N) is 1. The summed E-state index contributed by atoms with van der Waals surface area (Å²) in [4.78, 5) is 12.3. The van der Waals surface area contributed by atoms with Crippen molar-refractivity contribution < 1.29 is 4.79 Å². The monoisotopic (exact) mass is 287 g/mol. The Morgan fingerprint density at radius 2 is 1.90 bits per heavy atom. The number of amides is 1. The molecule has 20 heavy (non-hydrogen) atoms. The van der Waals surface area contributed by atoms with Crippen LogP contribution >= 0.6 is 11.6 Å². The fraction of sp³-hybridized carbons (Fsp3) is 0.235. The molecule has 0 fully saturated rings. The molecule has 0 aliphatic carbocycles. The van der Waals surface area contributed by atoms with Crippen molar-refractivity contribution in [2.45, 2.75) is 25.6 Å². The minimum absolute atomic E-state index is 0.106. The molecule has 0 radical (unpaired) electrons. The molecule has 0 aromatic heterocycles. The third kappa shape index (κ3) is 3.40. The lowest BCUT2D eigenvalue weighted by atomic mass is 10.0. The molecule has 0 aliphatic rings. The van der Waals surface area contributed by atoms with Crippen molar-refractivity contribution >= 4 is 23.2 Å². The average Bonchev–Trinajstić information content (AvgIpc) is 2.47. The maximum atomic E-state index is 12.3. The summed E-state index contributed by atoms with van der Waals surface area (Å²) in [6, 6.07) is 15.3. The van der Waals surface area contributed by atoms with Gasteiger partial charge in [-0.05, 0) is 35.2 Å². The van der Waals surface area contributed by atoms with Crippen LogP contribution in [0, 0.1) is 0 Å². The first kappa shape index (κ1) is 14.6. The smallest absolute Gasteiger partial charge is 0.255 e. The molecule has 2 aromatic carbocycles. The van der Waals surface area contributed by atoms with Gasteiger partial charge in [-0.1, -0.05) is 44.2 Å². The topological polar surface area (TPSA) is 29.1 Å². The number of hydrogen-bond donors (Lipinski definition) is 1. The van der Waals surface area contributed by atoms with E-state index in [2.05, 4.69) is 19.2 Å². The molecule has 2 nitrogen and oxygen atoms in total. The molecule has 2 rings (SSSR count). The van der Waals surface area contributed by atoms with Crippen LogP contribution in [0.25, 0.3) is 0 Å². The number of para-hydroxylation sites is 1. The van der Waals surface area contributed by atoms with E-state index >= 15 is 0 Å². The van der Waals surface area contributed by atoms with Gasteiger partial charge in [-0.15, -0.1) is 11.6 Å². The summed E-state index contributed by atoms with van der Waals surface area (Å²) in [5.74, 6) is 0.662. The first-order chi connectivity index (χ1) is 9.61. The number of benzene rings is 2. The number of anilines is 1. The minimum Gasteiger partial charge on any atom is -0.322 e. The zero-order valence-electron chi connectivity index (χ0n) is 11.7. The Balaban J connectivity index is 2.23. The first-order valence-corrected chi connectivity index (χ1v) is 7.20. The van der Waals surface area contributed by atoms with Crippen LogP contribution in [0.3, 0.4) is 0 Å². The van der Waals surface area contributed by atoms with Crippen LogP contribution < -0.4 is 5.32 Å². The average molecular weight is 288 g/mol. The van der Waals surface area contributed by atoms with Crippen LogP contribution in [0.5, 0.6) is 0 Å². The molecule has 0 aliphatic heterocycles. The Hall–Kier alpha value is -1.80. The van der Waals surface area contributed by atoms with Gasteiger partial charge in [-0.25, -0.2) is 0 Å². The van der Waals surface area contributed by atoms with Crippen molar-refractivity contribution in [2.24, 2.45) is 0 Å². The van der Waals surface area contributed by atoms with Crippen LogP contribution in [0.2, 0.25) is 0 Å². The summed E-state index contributed by atoms with van der Waals surface area (Å²) in [6.07, 6.45) is 0. The van der Waals surface area contributed by atoms with Crippen molar-refractivity contribution in [3.63, 3.8) is 0 Å². The molecule has 0 saturated carbocycles. The van der Waals surface area contributed by atoms with Crippen molar-refractivity contribution in [2.75, 3.05) is 5.32 Å². The molecule has 0 spiro atoms. The van der Waals surface area contributed by atoms with Gasteiger partial charge in [0.15, 0.2) is 0 Å². The molecule has 1 amide bonds. The summed E-state index contributed by atoms with van der Waals surface area (Å²) in [7, 11) is 0. The predicted molar refractivity (Wildman–Crippen MR) is 84.5 cm³/mol. The van der Waals surface area contributed by atoms with Crippen LogP contribution in [0.4, 0.5) is 5.69 Å². The normalized spacial score (nSPS) is 10.6. The highest BCUT2D eigenvalue weighted by atomic mass is 35.5. The molecule has 104 valence electrons. The number of hydrogen-bond acceptors (Lipinski definition) is 1. The van der Waals surface area contributed by atoms with Gasteiger partial charge in [-0.2, -0.15) is 0 Å². The number of carbonyl (C=O) groups is 1. The predicted octanol–water partition coefficient (Wildman–Crippen LogP) is 4.80. The molecule has 2 aromatic rings.